The van der Waals surface area contributed by atoms with Gasteiger partial charge in [0.05, 0.1) is 30.8 Å². The van der Waals surface area contributed by atoms with Crippen molar-refractivity contribution in [2.45, 2.75) is 6.54 Å². The van der Waals surface area contributed by atoms with E-state index in [1.165, 1.54) is 20.0 Å². The molecule has 1 aromatic heterocycles. The summed E-state index contributed by atoms with van der Waals surface area (Å²) < 4.78 is 39.1. The minimum Gasteiger partial charge on any atom is -0.351 e. The molecule has 3 unspecified atom stereocenters. The molecule has 4 rings (SSSR count). The summed E-state index contributed by atoms with van der Waals surface area (Å²) in [6, 6.07) is 14.4. The molecule has 1 amide bonds. The number of pyridine rings is 1. The Morgan fingerprint density at radius 1 is 0.723 bits per heavy atom. The molecule has 260 valence electrons. The van der Waals surface area contributed by atoms with Crippen molar-refractivity contribution in [1.29, 1.82) is 0 Å². The molecule has 1 aliphatic rings. The highest BCUT2D eigenvalue weighted by Crippen LogP contribution is 2.38. The maximum absolute atomic E-state index is 13.3. The molecule has 2 aromatic carbocycles. The maximum Gasteiger partial charge on any atom is 0.234 e. The van der Waals surface area contributed by atoms with E-state index < -0.39 is 22.1 Å². The topological polar surface area (TPSA) is 158 Å². The van der Waals surface area contributed by atoms with Gasteiger partial charge in [-0.1, -0.05) is 24.3 Å². The van der Waals surface area contributed by atoms with Gasteiger partial charge >= 0.3 is 0 Å². The van der Waals surface area contributed by atoms with E-state index in [0.717, 1.165) is 27.2 Å². The Morgan fingerprint density at radius 3 is 1.68 bits per heavy atom. The lowest BCUT2D eigenvalue weighted by atomic mass is 10.0. The highest BCUT2D eigenvalue weighted by atomic mass is 31.2. The van der Waals surface area contributed by atoms with Gasteiger partial charge in [0.1, 0.15) is 7.05 Å². The summed E-state index contributed by atoms with van der Waals surface area (Å²) in [6.07, 6.45) is 1.99. The van der Waals surface area contributed by atoms with Gasteiger partial charge in [-0.2, -0.15) is 0 Å². The van der Waals surface area contributed by atoms with Crippen LogP contribution in [0.3, 0.4) is 0 Å². The van der Waals surface area contributed by atoms with Crippen molar-refractivity contribution in [1.82, 2.24) is 24.9 Å². The summed E-state index contributed by atoms with van der Waals surface area (Å²) in [5.41, 5.74) is 2.06. The second-order valence-corrected chi connectivity index (χ2v) is 20.3. The van der Waals surface area contributed by atoms with Crippen LogP contribution in [0, 0.1) is 0 Å². The van der Waals surface area contributed by atoms with Crippen LogP contribution in [0.2, 0.25) is 0 Å². The first-order valence-electron chi connectivity index (χ1n) is 15.8. The first-order valence-corrected chi connectivity index (χ1v) is 22.7. The van der Waals surface area contributed by atoms with Crippen LogP contribution in [0.15, 0.2) is 48.7 Å². The number of aryl methyl sites for hydroxylation is 1. The van der Waals surface area contributed by atoms with E-state index in [2.05, 4.69) is 40.3 Å². The average molecular weight is 712 g/mol. The highest BCUT2D eigenvalue weighted by molar-refractivity contribution is 7.57. The van der Waals surface area contributed by atoms with Crippen molar-refractivity contribution in [3.05, 3.63) is 54.2 Å². The van der Waals surface area contributed by atoms with E-state index in [4.69, 9.17) is 0 Å². The molecule has 0 aliphatic carbocycles. The van der Waals surface area contributed by atoms with E-state index in [1.54, 1.807) is 0 Å². The molecule has 1 saturated heterocycles. The Balaban J connectivity index is 1.48. The molecule has 3 aromatic rings. The fraction of sp³-hybridized carbons (Fsp3) is 0.548. The van der Waals surface area contributed by atoms with Gasteiger partial charge in [0.15, 0.2) is 6.20 Å². The molecule has 0 spiro atoms. The van der Waals surface area contributed by atoms with Gasteiger partial charge in [-0.25, -0.2) is 4.57 Å². The van der Waals surface area contributed by atoms with E-state index in [1.807, 2.05) is 44.8 Å². The summed E-state index contributed by atoms with van der Waals surface area (Å²) in [4.78, 5) is 51.2. The minimum absolute atomic E-state index is 0.0339. The van der Waals surface area contributed by atoms with Gasteiger partial charge in [0.25, 0.3) is 0 Å². The lowest BCUT2D eigenvalue weighted by molar-refractivity contribution is -0.643. The number of amides is 1. The summed E-state index contributed by atoms with van der Waals surface area (Å²) >= 11 is 0. The zero-order valence-corrected chi connectivity index (χ0v) is 30.5. The second-order valence-electron chi connectivity index (χ2n) is 13.2. The van der Waals surface area contributed by atoms with Crippen LogP contribution in [0.5, 0.6) is 0 Å². The normalized spacial score (nSPS) is 20.9. The zero-order valence-electron chi connectivity index (χ0n) is 27.9. The van der Waals surface area contributed by atoms with Crippen molar-refractivity contribution in [2.75, 3.05) is 97.8 Å². The molecule has 1 fully saturated rings. The number of nitrogens with zero attached hydrogens (tertiary/aromatic N) is 5. The predicted molar refractivity (Wildman–Crippen MR) is 187 cm³/mol. The third-order valence-corrected chi connectivity index (χ3v) is 11.0. The van der Waals surface area contributed by atoms with Gasteiger partial charge in [0.2, 0.25) is 33.5 Å². The molecule has 16 heteroatoms. The number of benzene rings is 2. The number of hydrogen-bond acceptors (Lipinski definition) is 8. The van der Waals surface area contributed by atoms with E-state index >= 15 is 0 Å². The number of hydrogen-bond donors (Lipinski definition) is 4. The van der Waals surface area contributed by atoms with Crippen molar-refractivity contribution >= 4 is 49.7 Å². The van der Waals surface area contributed by atoms with Crippen LogP contribution in [0.25, 0.3) is 21.7 Å². The smallest absolute Gasteiger partial charge is 0.234 e. The Hall–Kier alpha value is -2.01. The summed E-state index contributed by atoms with van der Waals surface area (Å²) in [5.74, 6) is -0.168. The number of carbonyl (C=O) groups excluding carboxylic acids is 1. The summed E-state index contributed by atoms with van der Waals surface area (Å²) in [5, 5.41) is 6.43. The van der Waals surface area contributed by atoms with Crippen LogP contribution in [0.4, 0.5) is 0 Å². The predicted octanol–water partition coefficient (Wildman–Crippen LogP) is 2.23. The van der Waals surface area contributed by atoms with E-state index in [9.17, 15) is 33.2 Å². The Kier molecular flexibility index (Phi) is 13.0. The summed E-state index contributed by atoms with van der Waals surface area (Å²) in [7, 11) is -8.17. The third-order valence-electron chi connectivity index (χ3n) is 8.20. The van der Waals surface area contributed by atoms with Crippen LogP contribution < -0.4 is 9.88 Å². The fourth-order valence-electron chi connectivity index (χ4n) is 6.08. The van der Waals surface area contributed by atoms with Gasteiger partial charge in [0, 0.05) is 95.7 Å². The molecule has 47 heavy (non-hydrogen) atoms. The molecular weight excluding hydrogens is 661 g/mol. The first-order chi connectivity index (χ1) is 21.9. The van der Waals surface area contributed by atoms with Crippen molar-refractivity contribution < 1.29 is 37.7 Å². The molecule has 0 saturated carbocycles. The molecule has 3 atom stereocenters. The highest BCUT2D eigenvalue weighted by Gasteiger charge is 2.25. The molecule has 2 heterocycles. The van der Waals surface area contributed by atoms with Crippen LogP contribution in [-0.2, 0) is 32.1 Å². The lowest BCUT2D eigenvalue weighted by Crippen LogP contribution is -2.48. The molecule has 0 radical (unpaired) electrons. The van der Waals surface area contributed by atoms with Gasteiger partial charge in [-0.3, -0.25) is 38.1 Å². The van der Waals surface area contributed by atoms with Crippen LogP contribution in [0.1, 0.15) is 5.56 Å². The van der Waals surface area contributed by atoms with Gasteiger partial charge in [-0.05, 0) is 17.7 Å². The fourth-order valence-corrected chi connectivity index (χ4v) is 9.16. The Labute approximate surface area is 277 Å². The SMILES string of the molecule is C[n+]1cc2ccccc2c2cc(CNC(=O)CN3CCN(CP(C)(=O)O)CCN(CP(C)(=O)O)CCN(CP(C)(=O)O)CC3)ccc21. The molecule has 13 nitrogen and oxygen atoms in total. The zero-order chi connectivity index (χ0) is 34.4. The van der Waals surface area contributed by atoms with Crippen molar-refractivity contribution in [3.63, 3.8) is 0 Å². The lowest BCUT2D eigenvalue weighted by Gasteiger charge is -2.34. The standard InChI is InChI=1S/C31H49N6O7P3/c1-33-21-27-7-5-6-8-28(27)29-19-26(9-10-30(29)33)20-32-31(38)22-34-11-13-35(23-45(2,39)40)15-17-37(25-47(4,43)44)18-16-36(14-12-34)24-46(3,41)42/h5-10,19,21H,11-18,20,22-25H2,1-4H3,(H3-,32,38,39,40,41,42,43,44)/p+1. The molecule has 0 bridgehead atoms. The average Bonchev–Trinajstić information content (AvgIpc) is 2.95. The van der Waals surface area contributed by atoms with Crippen LogP contribution >= 0.6 is 22.1 Å². The number of aromatic nitrogens is 1. The minimum atomic E-state index is -3.40. The number of nitrogens with one attached hydrogen (secondary N) is 1. The van der Waals surface area contributed by atoms with E-state index in [-0.39, 0.29) is 31.3 Å². The largest absolute Gasteiger partial charge is 0.351 e. The number of fused-ring (bicyclic) bond motifs is 3. The monoisotopic (exact) mass is 711 g/mol. The van der Waals surface area contributed by atoms with Gasteiger partial charge in [-0.15, -0.1) is 0 Å². The number of rotatable bonds is 10. The summed E-state index contributed by atoms with van der Waals surface area (Å²) in [6.45, 7) is 7.57. The Morgan fingerprint density at radius 2 is 1.19 bits per heavy atom. The van der Waals surface area contributed by atoms with Crippen molar-refractivity contribution in [2.24, 2.45) is 7.05 Å². The van der Waals surface area contributed by atoms with Crippen molar-refractivity contribution in [3.8, 4) is 0 Å². The molecular formula is C31H50N6O7P3+. The first kappa shape index (κ1) is 37.8. The maximum atomic E-state index is 13.3. The third kappa shape index (κ3) is 12.8. The van der Waals surface area contributed by atoms with Gasteiger partial charge < -0.3 is 20.0 Å². The Bertz CT molecular complexity index is 1650. The number of carbonyl (C=O) groups is 1. The van der Waals surface area contributed by atoms with Crippen LogP contribution in [-0.4, -0.2) is 138 Å². The second kappa shape index (κ2) is 16.1. The molecule has 4 N–H and O–H groups in total. The van der Waals surface area contributed by atoms with E-state index in [0.29, 0.717) is 58.9 Å². The molecule has 1 aliphatic heterocycles. The quantitative estimate of drug-likeness (QED) is 0.139.